The monoisotopic (exact) mass is 446 g/mol. The Morgan fingerprint density at radius 1 is 1.00 bits per heavy atom. The molecule has 0 unspecified atom stereocenters. The van der Waals surface area contributed by atoms with Gasteiger partial charge in [0, 0.05) is 37.8 Å². The van der Waals surface area contributed by atoms with E-state index >= 15 is 0 Å². The molecular formula is C23H22N6O4. The van der Waals surface area contributed by atoms with Crippen molar-refractivity contribution >= 4 is 39.3 Å². The number of para-hydroxylation sites is 1. The lowest BCUT2D eigenvalue weighted by Gasteiger charge is -2.35. The molecule has 1 aliphatic heterocycles. The summed E-state index contributed by atoms with van der Waals surface area (Å²) >= 11 is 0. The van der Waals surface area contributed by atoms with Gasteiger partial charge in [-0.15, -0.1) is 0 Å². The quantitative estimate of drug-likeness (QED) is 0.366. The van der Waals surface area contributed by atoms with Crippen LogP contribution in [0.3, 0.4) is 0 Å². The number of carbonyl (C=O) groups is 2. The molecule has 1 aromatic carbocycles. The number of ketones is 1. The average molecular weight is 446 g/mol. The van der Waals surface area contributed by atoms with Crippen LogP contribution in [0, 0.1) is 0 Å². The van der Waals surface area contributed by atoms with Crippen molar-refractivity contribution in [3.63, 3.8) is 0 Å². The van der Waals surface area contributed by atoms with Crippen LogP contribution in [-0.2, 0) is 4.79 Å². The summed E-state index contributed by atoms with van der Waals surface area (Å²) in [5, 5.41) is 1.44. The van der Waals surface area contributed by atoms with E-state index in [4.69, 9.17) is 9.47 Å². The first kappa shape index (κ1) is 20.7. The summed E-state index contributed by atoms with van der Waals surface area (Å²) in [6.45, 7) is 1.95. The largest absolute Gasteiger partial charge is 0.494 e. The zero-order valence-corrected chi connectivity index (χ0v) is 18.2. The molecule has 0 bridgehead atoms. The Balaban J connectivity index is 1.36. The van der Waals surface area contributed by atoms with E-state index in [0.717, 1.165) is 16.7 Å². The third-order valence-corrected chi connectivity index (χ3v) is 5.88. The molecule has 4 aromatic rings. The summed E-state index contributed by atoms with van der Waals surface area (Å²) in [6.07, 6.45) is 4.52. The fourth-order valence-corrected chi connectivity index (χ4v) is 4.21. The van der Waals surface area contributed by atoms with Gasteiger partial charge in [0.1, 0.15) is 23.4 Å². The van der Waals surface area contributed by atoms with Crippen LogP contribution < -0.4 is 14.4 Å². The lowest BCUT2D eigenvalue weighted by Crippen LogP contribution is -2.51. The molecule has 0 spiro atoms. The molecule has 10 nitrogen and oxygen atoms in total. The van der Waals surface area contributed by atoms with Crippen LogP contribution >= 0.6 is 0 Å². The number of hydrogen-bond donors (Lipinski definition) is 1. The fourth-order valence-electron chi connectivity index (χ4n) is 4.21. The highest BCUT2D eigenvalue weighted by Crippen LogP contribution is 2.33. The number of Topliss-reactive ketones (excluding diaryl/α,β-unsaturated/α-hetero) is 1. The van der Waals surface area contributed by atoms with Gasteiger partial charge in [0.25, 0.3) is 11.7 Å². The summed E-state index contributed by atoms with van der Waals surface area (Å²) in [5.74, 6) is 0.390. The maximum atomic E-state index is 13.2. The lowest BCUT2D eigenvalue weighted by atomic mass is 10.1. The van der Waals surface area contributed by atoms with E-state index in [0.29, 0.717) is 48.7 Å². The third kappa shape index (κ3) is 3.49. The van der Waals surface area contributed by atoms with Gasteiger partial charge in [0.15, 0.2) is 0 Å². The summed E-state index contributed by atoms with van der Waals surface area (Å²) < 4.78 is 10.6. The van der Waals surface area contributed by atoms with Gasteiger partial charge < -0.3 is 24.3 Å². The molecule has 3 aromatic heterocycles. The van der Waals surface area contributed by atoms with Crippen molar-refractivity contribution in [3.8, 4) is 11.6 Å². The summed E-state index contributed by atoms with van der Waals surface area (Å²) in [7, 11) is 2.98. The van der Waals surface area contributed by atoms with Gasteiger partial charge >= 0.3 is 0 Å². The fraction of sp³-hybridized carbons (Fsp3) is 0.261. The van der Waals surface area contributed by atoms with Crippen LogP contribution in [0.15, 0.2) is 43.0 Å². The molecule has 0 saturated carbocycles. The Kier molecular flexibility index (Phi) is 5.25. The number of ether oxygens (including phenoxy) is 2. The maximum absolute atomic E-state index is 13.2. The van der Waals surface area contributed by atoms with E-state index in [2.05, 4.69) is 24.8 Å². The zero-order valence-electron chi connectivity index (χ0n) is 18.2. The maximum Gasteiger partial charge on any atom is 0.295 e. The average Bonchev–Trinajstić information content (AvgIpc) is 3.32. The molecule has 0 atom stereocenters. The predicted octanol–water partition coefficient (Wildman–Crippen LogP) is 2.05. The number of piperazine rings is 1. The van der Waals surface area contributed by atoms with E-state index in [1.807, 2.05) is 24.3 Å². The second-order valence-electron chi connectivity index (χ2n) is 7.61. The standard InChI is InChI=1S/C23H22N6O4/c1-32-17-12-25-22(33-2)19-18(17)15(11-24-19)20(30)23(31)29-9-7-28(8-10-29)21-14-5-3-4-6-16(14)26-13-27-21/h3-6,11-13,24H,7-10H2,1-2H3. The molecule has 5 rings (SSSR count). The van der Waals surface area contributed by atoms with Crippen molar-refractivity contribution < 1.29 is 19.1 Å². The molecule has 33 heavy (non-hydrogen) atoms. The van der Waals surface area contributed by atoms with E-state index < -0.39 is 11.7 Å². The van der Waals surface area contributed by atoms with Crippen molar-refractivity contribution in [1.29, 1.82) is 0 Å². The molecule has 0 radical (unpaired) electrons. The zero-order chi connectivity index (χ0) is 22.9. The van der Waals surface area contributed by atoms with Gasteiger partial charge in [-0.25, -0.2) is 15.0 Å². The first-order valence-corrected chi connectivity index (χ1v) is 10.5. The SMILES string of the molecule is COc1ncc(OC)c2c(C(=O)C(=O)N3CCN(c4ncnc5ccccc45)CC3)c[nH]c12. The van der Waals surface area contributed by atoms with Crippen molar-refractivity contribution in [2.75, 3.05) is 45.3 Å². The highest BCUT2D eigenvalue weighted by Gasteiger charge is 2.30. The number of fused-ring (bicyclic) bond motifs is 2. The molecule has 1 fully saturated rings. The second kappa shape index (κ2) is 8.38. The molecule has 1 aliphatic rings. The first-order chi connectivity index (χ1) is 16.1. The van der Waals surface area contributed by atoms with Gasteiger partial charge in [-0.1, -0.05) is 12.1 Å². The van der Waals surface area contributed by atoms with Crippen LogP contribution in [0.2, 0.25) is 0 Å². The number of nitrogens with one attached hydrogen (secondary N) is 1. The second-order valence-corrected chi connectivity index (χ2v) is 7.61. The predicted molar refractivity (Wildman–Crippen MR) is 122 cm³/mol. The number of amides is 1. The van der Waals surface area contributed by atoms with Crippen LogP contribution in [0.1, 0.15) is 10.4 Å². The number of methoxy groups -OCH3 is 2. The number of carbonyl (C=O) groups excluding carboxylic acids is 2. The number of aromatic nitrogens is 4. The summed E-state index contributed by atoms with van der Waals surface area (Å²) in [6, 6.07) is 7.82. The molecule has 1 saturated heterocycles. The van der Waals surface area contributed by atoms with Gasteiger partial charge in [0.2, 0.25) is 5.88 Å². The minimum atomic E-state index is -0.603. The van der Waals surface area contributed by atoms with Crippen LogP contribution in [0.25, 0.3) is 21.8 Å². The first-order valence-electron chi connectivity index (χ1n) is 10.5. The minimum absolute atomic E-state index is 0.233. The number of aromatic amines is 1. The van der Waals surface area contributed by atoms with Gasteiger partial charge in [-0.05, 0) is 12.1 Å². The van der Waals surface area contributed by atoms with Crippen molar-refractivity contribution in [2.24, 2.45) is 0 Å². The smallest absolute Gasteiger partial charge is 0.295 e. The van der Waals surface area contributed by atoms with Gasteiger partial charge in [-0.3, -0.25) is 9.59 Å². The number of pyridine rings is 1. The van der Waals surface area contributed by atoms with E-state index in [1.54, 1.807) is 11.2 Å². The van der Waals surface area contributed by atoms with Gasteiger partial charge in [0.05, 0.1) is 36.9 Å². The highest BCUT2D eigenvalue weighted by atomic mass is 16.5. The number of anilines is 1. The Labute approximate surface area is 189 Å². The van der Waals surface area contributed by atoms with Crippen LogP contribution in [0.4, 0.5) is 5.82 Å². The topological polar surface area (TPSA) is 114 Å². The highest BCUT2D eigenvalue weighted by molar-refractivity contribution is 6.45. The molecule has 1 amide bonds. The van der Waals surface area contributed by atoms with E-state index in [9.17, 15) is 9.59 Å². The molecule has 0 aliphatic carbocycles. The molecule has 10 heteroatoms. The van der Waals surface area contributed by atoms with Crippen molar-refractivity contribution in [2.45, 2.75) is 0 Å². The Morgan fingerprint density at radius 2 is 1.79 bits per heavy atom. The van der Waals surface area contributed by atoms with Crippen molar-refractivity contribution in [3.05, 3.63) is 48.5 Å². The van der Waals surface area contributed by atoms with Crippen LogP contribution in [-0.4, -0.2) is 76.9 Å². The van der Waals surface area contributed by atoms with Crippen LogP contribution in [0.5, 0.6) is 11.6 Å². The Bertz CT molecular complexity index is 1350. The molecule has 168 valence electrons. The Hall–Kier alpha value is -4.21. The normalized spacial score (nSPS) is 14.0. The molecule has 1 N–H and O–H groups in total. The minimum Gasteiger partial charge on any atom is -0.494 e. The summed E-state index contributed by atoms with van der Waals surface area (Å²) in [5.41, 5.74) is 1.61. The van der Waals surface area contributed by atoms with Gasteiger partial charge in [-0.2, -0.15) is 0 Å². The molecule has 4 heterocycles. The Morgan fingerprint density at radius 3 is 2.55 bits per heavy atom. The summed E-state index contributed by atoms with van der Waals surface area (Å²) in [4.78, 5) is 45.8. The number of H-pyrrole nitrogens is 1. The van der Waals surface area contributed by atoms with E-state index in [-0.39, 0.29) is 5.56 Å². The third-order valence-electron chi connectivity index (χ3n) is 5.88. The number of nitrogens with zero attached hydrogens (tertiary/aromatic N) is 5. The number of hydrogen-bond acceptors (Lipinski definition) is 8. The molecular weight excluding hydrogens is 424 g/mol. The van der Waals surface area contributed by atoms with E-state index in [1.165, 1.54) is 26.6 Å². The lowest BCUT2D eigenvalue weighted by molar-refractivity contribution is -0.126. The van der Waals surface area contributed by atoms with Crippen molar-refractivity contribution in [1.82, 2.24) is 24.8 Å². The number of rotatable bonds is 5. The number of benzene rings is 1.